The number of pyridine rings is 1. The average Bonchev–Trinajstić information content (AvgIpc) is 2.89. The largest absolute Gasteiger partial charge is 0.305 e. The highest BCUT2D eigenvalue weighted by Gasteiger charge is 2.18. The van der Waals surface area contributed by atoms with Gasteiger partial charge in [-0.2, -0.15) is 0 Å². The molecule has 3 aromatic rings. The molecule has 0 aliphatic rings. The number of benzene rings is 1. The van der Waals surface area contributed by atoms with Crippen LogP contribution < -0.4 is 0 Å². The normalized spacial score (nSPS) is 12.3. The number of aromatic nitrogens is 4. The van der Waals surface area contributed by atoms with Gasteiger partial charge in [-0.05, 0) is 25.1 Å². The smallest absolute Gasteiger partial charge is 0.191 e. The van der Waals surface area contributed by atoms with E-state index in [2.05, 4.69) is 15.2 Å². The predicted molar refractivity (Wildman–Crippen MR) is 84.9 cm³/mol. The SMILES string of the molecule is C[C@@H](Sc1nnc(-c2cccnc2)n1C)c1ccc(F)cc1F. The van der Waals surface area contributed by atoms with Gasteiger partial charge in [0.1, 0.15) is 11.6 Å². The van der Waals surface area contributed by atoms with Gasteiger partial charge in [-0.3, -0.25) is 4.98 Å². The van der Waals surface area contributed by atoms with Gasteiger partial charge in [-0.25, -0.2) is 8.78 Å². The van der Waals surface area contributed by atoms with Crippen LogP contribution in [0.15, 0.2) is 47.9 Å². The molecule has 0 fully saturated rings. The van der Waals surface area contributed by atoms with Crippen LogP contribution in [0.25, 0.3) is 11.4 Å². The second-order valence-electron chi connectivity index (χ2n) is 5.03. The van der Waals surface area contributed by atoms with Crippen molar-refractivity contribution in [3.8, 4) is 11.4 Å². The van der Waals surface area contributed by atoms with E-state index in [0.29, 0.717) is 16.5 Å². The minimum Gasteiger partial charge on any atom is -0.305 e. The Kier molecular flexibility index (Phi) is 4.38. The summed E-state index contributed by atoms with van der Waals surface area (Å²) in [5, 5.41) is 8.75. The number of hydrogen-bond acceptors (Lipinski definition) is 4. The van der Waals surface area contributed by atoms with E-state index in [1.165, 1.54) is 23.9 Å². The topological polar surface area (TPSA) is 43.6 Å². The number of nitrogens with zero attached hydrogens (tertiary/aromatic N) is 4. The Morgan fingerprint density at radius 3 is 2.70 bits per heavy atom. The Labute approximate surface area is 136 Å². The Bertz CT molecular complexity index is 820. The van der Waals surface area contributed by atoms with Gasteiger partial charge in [0, 0.05) is 41.9 Å². The zero-order chi connectivity index (χ0) is 16.4. The molecule has 2 heterocycles. The highest BCUT2D eigenvalue weighted by Crippen LogP contribution is 2.35. The molecule has 0 unspecified atom stereocenters. The lowest BCUT2D eigenvalue weighted by molar-refractivity contribution is 0.572. The van der Waals surface area contributed by atoms with Crippen LogP contribution in [-0.2, 0) is 7.05 Å². The van der Waals surface area contributed by atoms with E-state index in [-0.39, 0.29) is 5.25 Å². The molecule has 23 heavy (non-hydrogen) atoms. The maximum Gasteiger partial charge on any atom is 0.191 e. The minimum absolute atomic E-state index is 0.222. The number of hydrogen-bond donors (Lipinski definition) is 0. The zero-order valence-corrected chi connectivity index (χ0v) is 13.4. The van der Waals surface area contributed by atoms with E-state index >= 15 is 0 Å². The molecule has 2 aromatic heterocycles. The molecule has 0 aliphatic heterocycles. The van der Waals surface area contributed by atoms with E-state index in [9.17, 15) is 8.78 Å². The Morgan fingerprint density at radius 1 is 1.17 bits per heavy atom. The van der Waals surface area contributed by atoms with Crippen molar-refractivity contribution in [3.05, 3.63) is 59.9 Å². The molecule has 118 valence electrons. The number of halogens is 2. The molecule has 1 aromatic carbocycles. The van der Waals surface area contributed by atoms with Gasteiger partial charge in [-0.15, -0.1) is 10.2 Å². The first-order valence-electron chi connectivity index (χ1n) is 6.97. The molecule has 3 rings (SSSR count). The van der Waals surface area contributed by atoms with Crippen molar-refractivity contribution in [1.82, 2.24) is 19.7 Å². The molecule has 0 bridgehead atoms. The summed E-state index contributed by atoms with van der Waals surface area (Å²) in [6.45, 7) is 1.85. The van der Waals surface area contributed by atoms with Crippen molar-refractivity contribution in [2.45, 2.75) is 17.3 Å². The van der Waals surface area contributed by atoms with Gasteiger partial charge in [0.2, 0.25) is 0 Å². The highest BCUT2D eigenvalue weighted by molar-refractivity contribution is 7.99. The maximum absolute atomic E-state index is 13.9. The van der Waals surface area contributed by atoms with Gasteiger partial charge in [-0.1, -0.05) is 17.8 Å². The van der Waals surface area contributed by atoms with Crippen LogP contribution in [-0.4, -0.2) is 19.7 Å². The molecule has 4 nitrogen and oxygen atoms in total. The average molecular weight is 332 g/mol. The van der Waals surface area contributed by atoms with Gasteiger partial charge in [0.25, 0.3) is 0 Å². The fraction of sp³-hybridized carbons (Fsp3) is 0.188. The van der Waals surface area contributed by atoms with Gasteiger partial charge >= 0.3 is 0 Å². The molecule has 0 saturated carbocycles. The lowest BCUT2D eigenvalue weighted by Gasteiger charge is -2.12. The van der Waals surface area contributed by atoms with E-state index in [4.69, 9.17) is 0 Å². The Balaban J connectivity index is 1.85. The van der Waals surface area contributed by atoms with Crippen molar-refractivity contribution in [2.24, 2.45) is 7.05 Å². The van der Waals surface area contributed by atoms with Crippen molar-refractivity contribution < 1.29 is 8.78 Å². The number of thioether (sulfide) groups is 1. The zero-order valence-electron chi connectivity index (χ0n) is 12.6. The quantitative estimate of drug-likeness (QED) is 0.677. The third kappa shape index (κ3) is 3.24. The van der Waals surface area contributed by atoms with Crippen molar-refractivity contribution in [3.63, 3.8) is 0 Å². The maximum atomic E-state index is 13.9. The monoisotopic (exact) mass is 332 g/mol. The first-order valence-corrected chi connectivity index (χ1v) is 7.85. The molecule has 1 atom stereocenters. The van der Waals surface area contributed by atoms with Crippen LogP contribution in [0.4, 0.5) is 8.78 Å². The summed E-state index contributed by atoms with van der Waals surface area (Å²) in [7, 11) is 1.85. The van der Waals surface area contributed by atoms with Gasteiger partial charge in [0.05, 0.1) is 0 Å². The van der Waals surface area contributed by atoms with E-state index in [1.807, 2.05) is 30.7 Å². The Morgan fingerprint density at radius 2 is 2.00 bits per heavy atom. The molecule has 0 radical (unpaired) electrons. The van der Waals surface area contributed by atoms with Gasteiger partial charge < -0.3 is 4.57 Å². The summed E-state index contributed by atoms with van der Waals surface area (Å²) in [5.74, 6) is -0.451. The molecular weight excluding hydrogens is 318 g/mol. The van der Waals surface area contributed by atoms with Crippen molar-refractivity contribution in [1.29, 1.82) is 0 Å². The molecule has 7 heteroatoms. The third-order valence-corrected chi connectivity index (χ3v) is 4.61. The summed E-state index contributed by atoms with van der Waals surface area (Å²) < 4.78 is 28.7. The Hall–Kier alpha value is -2.28. The van der Waals surface area contributed by atoms with E-state index in [1.54, 1.807) is 12.4 Å². The molecule has 0 spiro atoms. The fourth-order valence-corrected chi connectivity index (χ4v) is 3.18. The van der Waals surface area contributed by atoms with Crippen LogP contribution in [0.5, 0.6) is 0 Å². The van der Waals surface area contributed by atoms with Crippen LogP contribution in [0.2, 0.25) is 0 Å². The fourth-order valence-electron chi connectivity index (χ4n) is 2.22. The van der Waals surface area contributed by atoms with Crippen LogP contribution in [0.1, 0.15) is 17.7 Å². The van der Waals surface area contributed by atoms with E-state index in [0.717, 1.165) is 11.6 Å². The van der Waals surface area contributed by atoms with Crippen LogP contribution in [0, 0.1) is 11.6 Å². The predicted octanol–water partition coefficient (Wildman–Crippen LogP) is 4.01. The number of rotatable bonds is 4. The minimum atomic E-state index is -0.582. The van der Waals surface area contributed by atoms with Crippen LogP contribution >= 0.6 is 11.8 Å². The molecular formula is C16H14F2N4S. The summed E-state index contributed by atoms with van der Waals surface area (Å²) >= 11 is 1.37. The first-order chi connectivity index (χ1) is 11.1. The summed E-state index contributed by atoms with van der Waals surface area (Å²) in [4.78, 5) is 4.07. The lowest BCUT2D eigenvalue weighted by Crippen LogP contribution is -1.99. The van der Waals surface area contributed by atoms with Crippen LogP contribution in [0.3, 0.4) is 0 Å². The van der Waals surface area contributed by atoms with Crippen molar-refractivity contribution >= 4 is 11.8 Å². The second kappa shape index (κ2) is 6.45. The lowest BCUT2D eigenvalue weighted by atomic mass is 10.1. The first kappa shape index (κ1) is 15.6. The molecule has 0 N–H and O–H groups in total. The summed E-state index contributed by atoms with van der Waals surface area (Å²) in [6.07, 6.45) is 3.40. The highest BCUT2D eigenvalue weighted by atomic mass is 32.2. The second-order valence-corrected chi connectivity index (χ2v) is 6.34. The summed E-state index contributed by atoms with van der Waals surface area (Å²) in [5.41, 5.74) is 1.29. The summed E-state index contributed by atoms with van der Waals surface area (Å²) in [6, 6.07) is 7.33. The molecule has 0 amide bonds. The van der Waals surface area contributed by atoms with Crippen molar-refractivity contribution in [2.75, 3.05) is 0 Å². The third-order valence-electron chi connectivity index (χ3n) is 3.44. The molecule has 0 saturated heterocycles. The standard InChI is InChI=1S/C16H14F2N4S/c1-10(13-6-5-12(17)8-14(13)18)23-16-21-20-15(22(16)2)11-4-3-7-19-9-11/h3-10H,1-2H3/t10-/m1/s1. The van der Waals surface area contributed by atoms with Gasteiger partial charge in [0.15, 0.2) is 11.0 Å². The van der Waals surface area contributed by atoms with E-state index < -0.39 is 11.6 Å². The molecule has 0 aliphatic carbocycles.